The fraction of sp³-hybridized carbons (Fsp3) is 0.538. The van der Waals surface area contributed by atoms with Crippen LogP contribution in [0.15, 0.2) is 18.2 Å². The number of hydrogen-bond acceptors (Lipinski definition) is 4. The summed E-state index contributed by atoms with van der Waals surface area (Å²) in [5.74, 6) is 5.84. The van der Waals surface area contributed by atoms with E-state index in [1.165, 1.54) is 12.1 Å². The predicted molar refractivity (Wildman–Crippen MR) is 69.0 cm³/mol. The summed E-state index contributed by atoms with van der Waals surface area (Å²) in [6.07, 6.45) is 2.90. The summed E-state index contributed by atoms with van der Waals surface area (Å²) >= 11 is 0. The lowest BCUT2D eigenvalue weighted by molar-refractivity contribution is 0.0605. The first-order valence-electron chi connectivity index (χ1n) is 6.29. The topological polar surface area (TPSA) is 73.3 Å². The second-order valence-electron chi connectivity index (χ2n) is 4.78. The molecule has 1 atom stereocenters. The van der Waals surface area contributed by atoms with E-state index < -0.39 is 0 Å². The average Bonchev–Trinajstić information content (AvgIpc) is 2.40. The van der Waals surface area contributed by atoms with E-state index >= 15 is 0 Å². The van der Waals surface area contributed by atoms with Crippen LogP contribution in [0.1, 0.15) is 30.9 Å². The maximum absolute atomic E-state index is 13.3. The fourth-order valence-corrected chi connectivity index (χ4v) is 2.45. The van der Waals surface area contributed by atoms with E-state index in [1.807, 2.05) is 0 Å². The van der Waals surface area contributed by atoms with Gasteiger partial charge < -0.3 is 10.5 Å². The number of nitrogens with one attached hydrogen (secondary N) is 1. The van der Waals surface area contributed by atoms with Crippen LogP contribution in [-0.4, -0.2) is 13.2 Å². The molecule has 18 heavy (non-hydrogen) atoms. The molecular weight excluding hydrogens is 233 g/mol. The van der Waals surface area contributed by atoms with Crippen LogP contribution < -0.4 is 17.0 Å². The van der Waals surface area contributed by atoms with Crippen LogP contribution in [0.5, 0.6) is 0 Å². The highest BCUT2D eigenvalue weighted by Crippen LogP contribution is 2.30. The van der Waals surface area contributed by atoms with Gasteiger partial charge >= 0.3 is 0 Å². The third-order valence-electron chi connectivity index (χ3n) is 3.54. The molecule has 5 heteroatoms. The first-order valence-corrected chi connectivity index (χ1v) is 6.29. The minimum atomic E-state index is -0.286. The van der Waals surface area contributed by atoms with Crippen LogP contribution in [-0.2, 0) is 4.74 Å². The molecule has 1 aliphatic heterocycles. The molecule has 1 heterocycles. The maximum Gasteiger partial charge on any atom is 0.123 e. The molecule has 100 valence electrons. The standard InChI is InChI=1S/C13H20FN3O/c14-10-1-2-12(15)11(8-10)13(17-16)7-9-3-5-18-6-4-9/h1-2,8-9,13,17H,3-7,15-16H2. The van der Waals surface area contributed by atoms with Gasteiger partial charge in [-0.3, -0.25) is 11.3 Å². The van der Waals surface area contributed by atoms with E-state index in [0.717, 1.165) is 38.0 Å². The number of hydrazine groups is 1. The highest BCUT2D eigenvalue weighted by molar-refractivity contribution is 5.48. The van der Waals surface area contributed by atoms with Crippen LogP contribution in [0.4, 0.5) is 10.1 Å². The molecule has 0 radical (unpaired) electrons. The summed E-state index contributed by atoms with van der Waals surface area (Å²) in [5, 5.41) is 0. The second-order valence-corrected chi connectivity index (χ2v) is 4.78. The number of ether oxygens (including phenoxy) is 1. The Morgan fingerprint density at radius 1 is 1.39 bits per heavy atom. The second kappa shape index (κ2) is 6.13. The van der Waals surface area contributed by atoms with Crippen molar-refractivity contribution in [2.45, 2.75) is 25.3 Å². The number of halogens is 1. The van der Waals surface area contributed by atoms with E-state index in [4.69, 9.17) is 16.3 Å². The molecule has 1 aliphatic rings. The molecule has 5 N–H and O–H groups in total. The summed E-state index contributed by atoms with van der Waals surface area (Å²) in [5.41, 5.74) is 9.95. The smallest absolute Gasteiger partial charge is 0.123 e. The molecule has 0 bridgehead atoms. The number of nitrogens with two attached hydrogens (primary N) is 2. The maximum atomic E-state index is 13.3. The third-order valence-corrected chi connectivity index (χ3v) is 3.54. The Morgan fingerprint density at radius 2 is 2.11 bits per heavy atom. The summed E-state index contributed by atoms with van der Waals surface area (Å²) in [6, 6.07) is 4.29. The Morgan fingerprint density at radius 3 is 2.78 bits per heavy atom. The molecule has 1 unspecified atom stereocenters. The molecular formula is C13H20FN3O. The largest absolute Gasteiger partial charge is 0.398 e. The molecule has 1 fully saturated rings. The van der Waals surface area contributed by atoms with Crippen molar-refractivity contribution >= 4 is 5.69 Å². The van der Waals surface area contributed by atoms with Gasteiger partial charge in [0.15, 0.2) is 0 Å². The first-order chi connectivity index (χ1) is 8.70. The van der Waals surface area contributed by atoms with Crippen molar-refractivity contribution in [3.8, 4) is 0 Å². The molecule has 0 amide bonds. The molecule has 0 saturated carbocycles. The van der Waals surface area contributed by atoms with Gasteiger partial charge in [-0.25, -0.2) is 4.39 Å². The molecule has 0 aromatic heterocycles. The minimum absolute atomic E-state index is 0.108. The molecule has 4 nitrogen and oxygen atoms in total. The molecule has 1 aromatic carbocycles. The Labute approximate surface area is 106 Å². The number of hydrogen-bond donors (Lipinski definition) is 3. The van der Waals surface area contributed by atoms with Crippen LogP contribution >= 0.6 is 0 Å². The Hall–Kier alpha value is -1.17. The lowest BCUT2D eigenvalue weighted by Gasteiger charge is -2.27. The van der Waals surface area contributed by atoms with E-state index in [0.29, 0.717) is 11.6 Å². The summed E-state index contributed by atoms with van der Waals surface area (Å²) in [7, 11) is 0. The molecule has 2 rings (SSSR count). The van der Waals surface area contributed by atoms with E-state index in [9.17, 15) is 4.39 Å². The van der Waals surface area contributed by atoms with Crippen LogP contribution in [0.25, 0.3) is 0 Å². The first kappa shape index (κ1) is 13.3. The van der Waals surface area contributed by atoms with Crippen molar-refractivity contribution in [2.75, 3.05) is 18.9 Å². The van der Waals surface area contributed by atoms with Crippen molar-refractivity contribution in [1.29, 1.82) is 0 Å². The lowest BCUT2D eigenvalue weighted by Crippen LogP contribution is -2.31. The monoisotopic (exact) mass is 253 g/mol. The molecule has 0 aliphatic carbocycles. The van der Waals surface area contributed by atoms with Gasteiger partial charge in [0.05, 0.1) is 0 Å². The van der Waals surface area contributed by atoms with Crippen LogP contribution in [0, 0.1) is 11.7 Å². The van der Waals surface area contributed by atoms with Gasteiger partial charge in [0.1, 0.15) is 5.82 Å². The van der Waals surface area contributed by atoms with Gasteiger partial charge in [0.2, 0.25) is 0 Å². The third kappa shape index (κ3) is 3.19. The Bertz CT molecular complexity index is 394. The molecule has 0 spiro atoms. The van der Waals surface area contributed by atoms with Crippen molar-refractivity contribution in [1.82, 2.24) is 5.43 Å². The van der Waals surface area contributed by atoms with E-state index in [1.54, 1.807) is 6.07 Å². The number of rotatable bonds is 4. The SMILES string of the molecule is NNC(CC1CCOCC1)c1cc(F)ccc1N. The van der Waals surface area contributed by atoms with E-state index in [2.05, 4.69) is 5.43 Å². The minimum Gasteiger partial charge on any atom is -0.398 e. The number of nitrogen functional groups attached to an aromatic ring is 1. The highest BCUT2D eigenvalue weighted by atomic mass is 19.1. The van der Waals surface area contributed by atoms with Crippen LogP contribution in [0.3, 0.4) is 0 Å². The summed E-state index contributed by atoms with van der Waals surface area (Å²) in [4.78, 5) is 0. The van der Waals surface area contributed by atoms with Crippen molar-refractivity contribution in [3.05, 3.63) is 29.6 Å². The van der Waals surface area contributed by atoms with Gasteiger partial charge in [-0.15, -0.1) is 0 Å². The van der Waals surface area contributed by atoms with Crippen LogP contribution in [0.2, 0.25) is 0 Å². The van der Waals surface area contributed by atoms with E-state index in [-0.39, 0.29) is 11.9 Å². The molecule has 1 saturated heterocycles. The number of anilines is 1. The van der Waals surface area contributed by atoms with Crippen molar-refractivity contribution in [3.63, 3.8) is 0 Å². The lowest BCUT2D eigenvalue weighted by atomic mass is 9.89. The van der Waals surface area contributed by atoms with Crippen molar-refractivity contribution in [2.24, 2.45) is 11.8 Å². The Kier molecular flexibility index (Phi) is 4.52. The molecule has 1 aromatic rings. The van der Waals surface area contributed by atoms with Crippen molar-refractivity contribution < 1.29 is 9.13 Å². The summed E-state index contributed by atoms with van der Waals surface area (Å²) < 4.78 is 18.6. The normalized spacial score (nSPS) is 18.8. The zero-order chi connectivity index (χ0) is 13.0. The van der Waals surface area contributed by atoms with Gasteiger partial charge in [-0.2, -0.15) is 0 Å². The number of benzene rings is 1. The van der Waals surface area contributed by atoms with Gasteiger partial charge in [0.25, 0.3) is 0 Å². The zero-order valence-electron chi connectivity index (χ0n) is 10.4. The fourth-order valence-electron chi connectivity index (χ4n) is 2.45. The quantitative estimate of drug-likeness (QED) is 0.434. The Balaban J connectivity index is 2.09. The predicted octanol–water partition coefficient (Wildman–Crippen LogP) is 1.73. The average molecular weight is 253 g/mol. The van der Waals surface area contributed by atoms with Gasteiger partial charge in [-0.05, 0) is 48.9 Å². The summed E-state index contributed by atoms with van der Waals surface area (Å²) in [6.45, 7) is 1.58. The highest BCUT2D eigenvalue weighted by Gasteiger charge is 2.21. The zero-order valence-corrected chi connectivity index (χ0v) is 10.4. The van der Waals surface area contributed by atoms with Gasteiger partial charge in [-0.1, -0.05) is 0 Å². The van der Waals surface area contributed by atoms with Gasteiger partial charge in [0, 0.05) is 24.9 Å².